The fourth-order valence-electron chi connectivity index (χ4n) is 2.05. The first-order valence-corrected chi connectivity index (χ1v) is 8.00. The highest BCUT2D eigenvalue weighted by molar-refractivity contribution is 7.99. The Kier molecular flexibility index (Phi) is 4.47. The van der Waals surface area contributed by atoms with E-state index in [1.54, 1.807) is 12.5 Å². The summed E-state index contributed by atoms with van der Waals surface area (Å²) in [5, 5.41) is 1.93. The molecule has 3 heterocycles. The minimum Gasteiger partial charge on any atom is -0.462 e. The Morgan fingerprint density at radius 1 is 1.27 bits per heavy atom. The topological polar surface area (TPSA) is 104 Å². The molecule has 0 amide bonds. The highest BCUT2D eigenvalue weighted by Gasteiger charge is 2.07. The molecular formula is C14H14ClN5OS. The van der Waals surface area contributed by atoms with E-state index < -0.39 is 0 Å². The van der Waals surface area contributed by atoms with E-state index in [9.17, 15) is 0 Å². The third-order valence-corrected chi connectivity index (χ3v) is 4.14. The second-order valence-corrected chi connectivity index (χ2v) is 6.08. The Hall–Kier alpha value is -1.83. The Morgan fingerprint density at radius 2 is 2.14 bits per heavy atom. The van der Waals surface area contributed by atoms with Crippen molar-refractivity contribution in [2.75, 3.05) is 11.5 Å². The molecule has 0 aliphatic rings. The number of nitrogens with zero attached hydrogens (tertiary/aromatic N) is 3. The van der Waals surface area contributed by atoms with Crippen LogP contribution in [0.1, 0.15) is 11.3 Å². The zero-order chi connectivity index (χ0) is 15.5. The molecule has 0 atom stereocenters. The van der Waals surface area contributed by atoms with Gasteiger partial charge in [0.1, 0.15) is 11.0 Å². The third-order valence-electron chi connectivity index (χ3n) is 3.10. The first kappa shape index (κ1) is 15.1. The molecular weight excluding hydrogens is 322 g/mol. The minimum atomic E-state index is 0.348. The van der Waals surface area contributed by atoms with Crippen molar-refractivity contribution in [3.63, 3.8) is 0 Å². The highest BCUT2D eigenvalue weighted by atomic mass is 35.5. The molecule has 3 rings (SSSR count). The number of fused-ring (bicyclic) bond motifs is 1. The summed E-state index contributed by atoms with van der Waals surface area (Å²) in [6.07, 6.45) is 4.17. The molecule has 3 aromatic rings. The van der Waals surface area contributed by atoms with Crippen LogP contribution in [0.2, 0.25) is 5.15 Å². The summed E-state index contributed by atoms with van der Waals surface area (Å²) in [6, 6.07) is 3.53. The second-order valence-electron chi connectivity index (χ2n) is 4.63. The maximum Gasteiger partial charge on any atom is 0.190 e. The van der Waals surface area contributed by atoms with Gasteiger partial charge >= 0.3 is 0 Å². The standard InChI is InChI=1S/C14H14ClN5OS/c15-12-4-13(17)20-14(19-12)22-2-1-9-3-10-8(5-16)7-21-11(10)6-18-9/h3-4,6-7H,1-2,5,16H2,(H2,17,19,20). The fraction of sp³-hybridized carbons (Fsp3) is 0.214. The predicted octanol–water partition coefficient (Wildman–Crippen LogP) is 2.65. The normalized spacial score (nSPS) is 11.2. The van der Waals surface area contributed by atoms with Crippen LogP contribution < -0.4 is 11.5 Å². The molecule has 0 spiro atoms. The van der Waals surface area contributed by atoms with Crippen LogP contribution in [0.25, 0.3) is 11.0 Å². The number of furan rings is 1. The van der Waals surface area contributed by atoms with Crippen LogP contribution in [0.15, 0.2) is 34.2 Å². The van der Waals surface area contributed by atoms with Gasteiger partial charge in [-0.25, -0.2) is 9.97 Å². The van der Waals surface area contributed by atoms with Crippen molar-refractivity contribution in [3.8, 4) is 0 Å². The summed E-state index contributed by atoms with van der Waals surface area (Å²) in [6.45, 7) is 0.445. The molecule has 0 aliphatic heterocycles. The van der Waals surface area contributed by atoms with Crippen molar-refractivity contribution < 1.29 is 4.42 Å². The van der Waals surface area contributed by atoms with Crippen LogP contribution >= 0.6 is 23.4 Å². The van der Waals surface area contributed by atoms with E-state index in [-0.39, 0.29) is 0 Å². The molecule has 0 unspecified atom stereocenters. The first-order valence-electron chi connectivity index (χ1n) is 6.63. The smallest absolute Gasteiger partial charge is 0.190 e. The van der Waals surface area contributed by atoms with Gasteiger partial charge in [-0.2, -0.15) is 0 Å². The maximum absolute atomic E-state index is 5.85. The molecule has 8 heteroatoms. The van der Waals surface area contributed by atoms with Crippen molar-refractivity contribution in [1.82, 2.24) is 15.0 Å². The molecule has 4 N–H and O–H groups in total. The van der Waals surface area contributed by atoms with Gasteiger partial charge in [0, 0.05) is 35.0 Å². The number of hydrogen-bond acceptors (Lipinski definition) is 7. The van der Waals surface area contributed by atoms with E-state index in [4.69, 9.17) is 27.5 Å². The van der Waals surface area contributed by atoms with E-state index in [0.29, 0.717) is 22.7 Å². The number of anilines is 1. The molecule has 6 nitrogen and oxygen atoms in total. The van der Waals surface area contributed by atoms with E-state index in [2.05, 4.69) is 15.0 Å². The number of aromatic nitrogens is 3. The number of hydrogen-bond donors (Lipinski definition) is 2. The monoisotopic (exact) mass is 335 g/mol. The van der Waals surface area contributed by atoms with E-state index >= 15 is 0 Å². The Bertz CT molecular complexity index is 787. The number of rotatable bonds is 5. The third kappa shape index (κ3) is 3.32. The van der Waals surface area contributed by atoms with Gasteiger partial charge in [-0.1, -0.05) is 23.4 Å². The van der Waals surface area contributed by atoms with Crippen molar-refractivity contribution in [2.24, 2.45) is 5.73 Å². The summed E-state index contributed by atoms with van der Waals surface area (Å²) >= 11 is 7.34. The van der Waals surface area contributed by atoms with Crippen molar-refractivity contribution in [2.45, 2.75) is 18.1 Å². The van der Waals surface area contributed by atoms with Crippen LogP contribution in [0.3, 0.4) is 0 Å². The molecule has 3 aromatic heterocycles. The Morgan fingerprint density at radius 3 is 2.91 bits per heavy atom. The van der Waals surface area contributed by atoms with E-state index in [1.165, 1.54) is 17.8 Å². The first-order chi connectivity index (χ1) is 10.7. The van der Waals surface area contributed by atoms with Gasteiger partial charge in [-0.3, -0.25) is 4.98 Å². The van der Waals surface area contributed by atoms with Gasteiger partial charge in [0.25, 0.3) is 0 Å². The number of nitrogens with two attached hydrogens (primary N) is 2. The molecule has 0 aliphatic carbocycles. The second kappa shape index (κ2) is 6.51. The van der Waals surface area contributed by atoms with Crippen molar-refractivity contribution in [3.05, 3.63) is 41.0 Å². The zero-order valence-corrected chi connectivity index (χ0v) is 13.2. The van der Waals surface area contributed by atoms with Crippen molar-refractivity contribution >= 4 is 40.1 Å². The average molecular weight is 336 g/mol. The highest BCUT2D eigenvalue weighted by Crippen LogP contribution is 2.22. The number of nitrogen functional groups attached to an aromatic ring is 1. The number of halogens is 1. The lowest BCUT2D eigenvalue weighted by Gasteiger charge is -2.03. The van der Waals surface area contributed by atoms with Gasteiger partial charge in [-0.15, -0.1) is 0 Å². The average Bonchev–Trinajstić information content (AvgIpc) is 2.88. The van der Waals surface area contributed by atoms with Crippen molar-refractivity contribution in [1.29, 1.82) is 0 Å². The van der Waals surface area contributed by atoms with Gasteiger partial charge < -0.3 is 15.9 Å². The lowest BCUT2D eigenvalue weighted by Crippen LogP contribution is -1.98. The van der Waals surface area contributed by atoms with E-state index in [1.807, 2.05) is 6.07 Å². The lowest BCUT2D eigenvalue weighted by atomic mass is 10.1. The van der Waals surface area contributed by atoms with Crippen LogP contribution in [-0.4, -0.2) is 20.7 Å². The molecule has 0 bridgehead atoms. The SMILES string of the molecule is NCc1coc2cnc(CCSc3nc(N)cc(Cl)n3)cc12. The number of thioether (sulfide) groups is 1. The lowest BCUT2D eigenvalue weighted by molar-refractivity contribution is 0.609. The summed E-state index contributed by atoms with van der Waals surface area (Å²) in [4.78, 5) is 12.6. The van der Waals surface area contributed by atoms with Crippen LogP contribution in [-0.2, 0) is 13.0 Å². The molecule has 0 saturated carbocycles. The summed E-state index contributed by atoms with van der Waals surface area (Å²) < 4.78 is 5.40. The number of pyridine rings is 1. The Labute approximate surface area is 136 Å². The Balaban J connectivity index is 1.68. The summed E-state index contributed by atoms with van der Waals surface area (Å²) in [5.41, 5.74) is 14.0. The van der Waals surface area contributed by atoms with Gasteiger partial charge in [0.05, 0.1) is 12.5 Å². The van der Waals surface area contributed by atoms with Gasteiger partial charge in [-0.05, 0) is 12.5 Å². The van der Waals surface area contributed by atoms with Crippen LogP contribution in [0, 0.1) is 0 Å². The van der Waals surface area contributed by atoms with E-state index in [0.717, 1.165) is 34.4 Å². The fourth-order valence-corrected chi connectivity index (χ4v) is 3.12. The molecule has 0 aromatic carbocycles. The molecule has 114 valence electrons. The maximum atomic E-state index is 5.85. The summed E-state index contributed by atoms with van der Waals surface area (Å²) in [5.74, 6) is 1.14. The molecule has 0 saturated heterocycles. The van der Waals surface area contributed by atoms with Crippen LogP contribution in [0.5, 0.6) is 0 Å². The molecule has 22 heavy (non-hydrogen) atoms. The quantitative estimate of drug-likeness (QED) is 0.419. The summed E-state index contributed by atoms with van der Waals surface area (Å²) in [7, 11) is 0. The minimum absolute atomic E-state index is 0.348. The van der Waals surface area contributed by atoms with Gasteiger partial charge in [0.2, 0.25) is 0 Å². The number of aryl methyl sites for hydroxylation is 1. The largest absolute Gasteiger partial charge is 0.462 e. The van der Waals surface area contributed by atoms with Crippen LogP contribution in [0.4, 0.5) is 5.82 Å². The zero-order valence-electron chi connectivity index (χ0n) is 11.6. The molecule has 0 radical (unpaired) electrons. The predicted molar refractivity (Wildman–Crippen MR) is 87.8 cm³/mol. The van der Waals surface area contributed by atoms with Gasteiger partial charge in [0.15, 0.2) is 10.7 Å². The molecule has 0 fully saturated rings.